The number of thioether (sulfide) groups is 1. The number of carboxylic acid groups (broad SMARTS) is 1. The smallest absolute Gasteiger partial charge is 0.313 e. The molecule has 0 fully saturated rings. The molecular formula is C13H16N4O3S. The molecule has 8 heteroatoms. The summed E-state index contributed by atoms with van der Waals surface area (Å²) >= 11 is 1.27. The number of hydrogen-bond acceptors (Lipinski definition) is 4. The Morgan fingerprint density at radius 1 is 1.38 bits per heavy atom. The van der Waals surface area contributed by atoms with Crippen LogP contribution < -0.4 is 5.32 Å². The number of nitrogens with one attached hydrogen (secondary N) is 1. The molecule has 7 nitrogen and oxygen atoms in total. The van der Waals surface area contributed by atoms with Crippen LogP contribution in [0.4, 0.5) is 0 Å². The van der Waals surface area contributed by atoms with Crippen molar-refractivity contribution in [2.45, 2.75) is 0 Å². The lowest BCUT2D eigenvalue weighted by Gasteiger charge is -2.08. The molecule has 0 aliphatic rings. The Morgan fingerprint density at radius 3 is 2.76 bits per heavy atom. The molecule has 21 heavy (non-hydrogen) atoms. The highest BCUT2D eigenvalue weighted by Gasteiger charge is 2.16. The number of carboxylic acids is 1. The van der Waals surface area contributed by atoms with Crippen LogP contribution in [-0.4, -0.2) is 49.4 Å². The second kappa shape index (κ2) is 6.98. The van der Waals surface area contributed by atoms with E-state index in [-0.39, 0.29) is 11.7 Å². The third kappa shape index (κ3) is 3.88. The topological polar surface area (TPSA) is 89.2 Å². The molecule has 0 spiro atoms. The van der Waals surface area contributed by atoms with Crippen molar-refractivity contribution in [3.05, 3.63) is 36.3 Å². The van der Waals surface area contributed by atoms with Gasteiger partial charge >= 0.3 is 5.97 Å². The summed E-state index contributed by atoms with van der Waals surface area (Å²) < 4.78 is 3.45. The molecule has 0 saturated heterocycles. The van der Waals surface area contributed by atoms with E-state index in [2.05, 4.69) is 10.4 Å². The molecule has 2 aromatic heterocycles. The maximum Gasteiger partial charge on any atom is 0.313 e. The molecule has 2 heterocycles. The number of hydrogen-bond donors (Lipinski definition) is 2. The first-order valence-corrected chi connectivity index (χ1v) is 7.48. The number of carbonyl (C=O) groups excluding carboxylic acids is 1. The largest absolute Gasteiger partial charge is 0.481 e. The van der Waals surface area contributed by atoms with Crippen LogP contribution in [0.3, 0.4) is 0 Å². The van der Waals surface area contributed by atoms with Gasteiger partial charge in [-0.3, -0.25) is 14.3 Å². The maximum atomic E-state index is 12.2. The Labute approximate surface area is 125 Å². The van der Waals surface area contributed by atoms with Crippen LogP contribution in [0.5, 0.6) is 0 Å². The van der Waals surface area contributed by atoms with Crippen LogP contribution in [0.15, 0.2) is 30.7 Å². The molecular weight excluding hydrogens is 292 g/mol. The third-order valence-corrected chi connectivity index (χ3v) is 3.70. The van der Waals surface area contributed by atoms with Gasteiger partial charge in [-0.15, -0.1) is 11.8 Å². The maximum absolute atomic E-state index is 12.2. The van der Waals surface area contributed by atoms with Crippen molar-refractivity contribution >= 4 is 23.6 Å². The predicted octanol–water partition coefficient (Wildman–Crippen LogP) is 0.758. The van der Waals surface area contributed by atoms with Crippen LogP contribution in [0.2, 0.25) is 0 Å². The summed E-state index contributed by atoms with van der Waals surface area (Å²) in [6, 6.07) is 3.74. The van der Waals surface area contributed by atoms with Gasteiger partial charge in [-0.05, 0) is 12.1 Å². The number of carbonyl (C=O) groups is 2. The summed E-state index contributed by atoms with van der Waals surface area (Å²) in [6.07, 6.45) is 5.21. The number of aromatic nitrogens is 3. The van der Waals surface area contributed by atoms with Crippen LogP contribution in [0, 0.1) is 0 Å². The van der Waals surface area contributed by atoms with Gasteiger partial charge in [0.15, 0.2) is 0 Å². The van der Waals surface area contributed by atoms with Gasteiger partial charge in [-0.25, -0.2) is 0 Å². The van der Waals surface area contributed by atoms with E-state index in [0.29, 0.717) is 23.7 Å². The molecule has 1 amide bonds. The zero-order valence-corrected chi connectivity index (χ0v) is 12.3. The Kier molecular flexibility index (Phi) is 5.04. The summed E-state index contributed by atoms with van der Waals surface area (Å²) in [4.78, 5) is 22.5. The lowest BCUT2D eigenvalue weighted by atomic mass is 10.3. The van der Waals surface area contributed by atoms with E-state index in [1.54, 1.807) is 11.7 Å². The Hall–Kier alpha value is -2.22. The highest BCUT2D eigenvalue weighted by atomic mass is 32.2. The Bertz CT molecular complexity index is 621. The van der Waals surface area contributed by atoms with Gasteiger partial charge in [0, 0.05) is 31.7 Å². The average Bonchev–Trinajstić information content (AvgIpc) is 3.06. The van der Waals surface area contributed by atoms with E-state index < -0.39 is 5.97 Å². The van der Waals surface area contributed by atoms with E-state index >= 15 is 0 Å². The minimum Gasteiger partial charge on any atom is -0.481 e. The van der Waals surface area contributed by atoms with E-state index in [4.69, 9.17) is 5.11 Å². The summed E-state index contributed by atoms with van der Waals surface area (Å²) in [5.74, 6) is 0.209. The molecule has 2 N–H and O–H groups in total. The van der Waals surface area contributed by atoms with Crippen molar-refractivity contribution in [2.75, 3.05) is 18.1 Å². The number of aliphatic carboxylic acids is 1. The second-order valence-electron chi connectivity index (χ2n) is 4.30. The average molecular weight is 308 g/mol. The fourth-order valence-electron chi connectivity index (χ4n) is 1.86. The fraction of sp³-hybridized carbons (Fsp3) is 0.308. The van der Waals surface area contributed by atoms with E-state index in [9.17, 15) is 9.59 Å². The molecule has 2 rings (SSSR count). The molecule has 0 radical (unpaired) electrons. The molecule has 0 aromatic carbocycles. The number of amides is 1. The van der Waals surface area contributed by atoms with E-state index in [1.165, 1.54) is 18.0 Å². The molecule has 112 valence electrons. The van der Waals surface area contributed by atoms with Gasteiger partial charge in [-0.1, -0.05) is 0 Å². The lowest BCUT2D eigenvalue weighted by molar-refractivity contribution is -0.133. The number of nitrogens with zero attached hydrogens (tertiary/aromatic N) is 3. The SMILES string of the molecule is Cn1ncc(C(=O)NCCSCC(=O)O)c1-n1cccc1. The van der Waals surface area contributed by atoms with Crippen LogP contribution in [-0.2, 0) is 11.8 Å². The summed E-state index contributed by atoms with van der Waals surface area (Å²) in [5, 5.41) is 15.4. The summed E-state index contributed by atoms with van der Waals surface area (Å²) in [5.41, 5.74) is 0.483. The summed E-state index contributed by atoms with van der Waals surface area (Å²) in [6.45, 7) is 0.413. The van der Waals surface area contributed by atoms with Crippen molar-refractivity contribution in [3.63, 3.8) is 0 Å². The highest BCUT2D eigenvalue weighted by molar-refractivity contribution is 7.99. The predicted molar refractivity (Wildman–Crippen MR) is 79.8 cm³/mol. The van der Waals surface area contributed by atoms with E-state index in [1.807, 2.05) is 29.1 Å². The van der Waals surface area contributed by atoms with Gasteiger partial charge in [0.2, 0.25) is 0 Å². The molecule has 2 aromatic rings. The van der Waals surface area contributed by atoms with Gasteiger partial charge in [0.05, 0.1) is 11.9 Å². The highest BCUT2D eigenvalue weighted by Crippen LogP contribution is 2.13. The zero-order valence-electron chi connectivity index (χ0n) is 11.5. The first kappa shape index (κ1) is 15.2. The monoisotopic (exact) mass is 308 g/mol. The van der Waals surface area contributed by atoms with Crippen molar-refractivity contribution < 1.29 is 14.7 Å². The molecule has 0 aliphatic heterocycles. The molecule has 0 bridgehead atoms. The van der Waals surface area contributed by atoms with Crippen LogP contribution in [0.1, 0.15) is 10.4 Å². The van der Waals surface area contributed by atoms with Crippen molar-refractivity contribution in [2.24, 2.45) is 7.05 Å². The normalized spacial score (nSPS) is 10.5. The van der Waals surface area contributed by atoms with Crippen molar-refractivity contribution in [3.8, 4) is 5.82 Å². The Balaban J connectivity index is 1.96. The minimum atomic E-state index is -0.853. The fourth-order valence-corrected chi connectivity index (χ4v) is 2.43. The van der Waals surface area contributed by atoms with Crippen molar-refractivity contribution in [1.82, 2.24) is 19.7 Å². The quantitative estimate of drug-likeness (QED) is 0.737. The van der Waals surface area contributed by atoms with Crippen LogP contribution >= 0.6 is 11.8 Å². The van der Waals surface area contributed by atoms with E-state index in [0.717, 1.165) is 0 Å². The zero-order chi connectivity index (χ0) is 15.2. The van der Waals surface area contributed by atoms with Gasteiger partial charge in [-0.2, -0.15) is 5.10 Å². The number of rotatable bonds is 7. The summed E-state index contributed by atoms with van der Waals surface area (Å²) in [7, 11) is 1.77. The first-order chi connectivity index (χ1) is 10.1. The second-order valence-corrected chi connectivity index (χ2v) is 5.40. The van der Waals surface area contributed by atoms with Crippen molar-refractivity contribution in [1.29, 1.82) is 0 Å². The van der Waals surface area contributed by atoms with Crippen LogP contribution in [0.25, 0.3) is 5.82 Å². The lowest BCUT2D eigenvalue weighted by Crippen LogP contribution is -2.27. The standard InChI is InChI=1S/C13H16N4O3S/c1-16-13(17-5-2-3-6-17)10(8-15-16)12(20)14-4-7-21-9-11(18)19/h2-3,5-6,8H,4,7,9H2,1H3,(H,14,20)(H,18,19). The van der Waals surface area contributed by atoms with Gasteiger partial charge in [0.25, 0.3) is 5.91 Å². The third-order valence-electron chi connectivity index (χ3n) is 2.76. The van der Waals surface area contributed by atoms with Gasteiger partial charge < -0.3 is 15.0 Å². The first-order valence-electron chi connectivity index (χ1n) is 6.32. The van der Waals surface area contributed by atoms with Gasteiger partial charge in [0.1, 0.15) is 11.4 Å². The molecule has 0 aliphatic carbocycles. The molecule has 0 unspecified atom stereocenters. The molecule has 0 saturated carbocycles. The minimum absolute atomic E-state index is 0.0391. The number of aryl methyl sites for hydroxylation is 1. The molecule has 0 atom stereocenters. The Morgan fingerprint density at radius 2 is 2.10 bits per heavy atom.